The second kappa shape index (κ2) is 3.47. The Bertz CT molecular complexity index is 605. The second-order valence-electron chi connectivity index (χ2n) is 2.77. The Kier molecular flexibility index (Phi) is 2.41. The third-order valence-corrected chi connectivity index (χ3v) is 3.58. The van der Waals surface area contributed by atoms with Crippen molar-refractivity contribution >= 4 is 32.8 Å². The molecule has 8 heteroatoms. The van der Waals surface area contributed by atoms with Crippen LogP contribution >= 0.6 is 11.8 Å². The second-order valence-corrected chi connectivity index (χ2v) is 5.15. The summed E-state index contributed by atoms with van der Waals surface area (Å²) in [6.45, 7) is 0. The number of fused-ring (bicyclic) bond motifs is 1. The smallest absolute Gasteiger partial charge is 0.240 e. The fourth-order valence-corrected chi connectivity index (χ4v) is 2.41. The first-order valence-corrected chi connectivity index (χ1v) is 6.63. The number of aromatic nitrogens is 2. The molecule has 1 aromatic heterocycles. The number of benzene rings is 1. The van der Waals surface area contributed by atoms with Gasteiger partial charge in [-0.25, -0.2) is 18.2 Å². The van der Waals surface area contributed by atoms with Crippen LogP contribution in [-0.2, 0) is 10.0 Å². The molecule has 0 radical (unpaired) electrons. The molecule has 0 spiro atoms. The van der Waals surface area contributed by atoms with E-state index in [0.29, 0.717) is 5.52 Å². The monoisotopic (exact) mass is 245 g/mol. The van der Waals surface area contributed by atoms with Gasteiger partial charge >= 0.3 is 0 Å². The SMILES string of the molecule is CSc1ccc(S(N)(=O)=O)c2nonc12. The largest absolute Gasteiger partial charge is 0.243 e. The van der Waals surface area contributed by atoms with E-state index in [1.807, 2.05) is 6.26 Å². The molecular weight excluding hydrogens is 238 g/mol. The summed E-state index contributed by atoms with van der Waals surface area (Å²) < 4.78 is 26.9. The molecule has 0 amide bonds. The lowest BCUT2D eigenvalue weighted by Crippen LogP contribution is -2.12. The molecule has 2 rings (SSSR count). The molecule has 0 aliphatic rings. The zero-order valence-electron chi connectivity index (χ0n) is 7.67. The molecule has 15 heavy (non-hydrogen) atoms. The zero-order chi connectivity index (χ0) is 11.1. The van der Waals surface area contributed by atoms with Crippen molar-refractivity contribution in [1.82, 2.24) is 10.3 Å². The highest BCUT2D eigenvalue weighted by Crippen LogP contribution is 2.27. The van der Waals surface area contributed by atoms with Crippen molar-refractivity contribution in [3.63, 3.8) is 0 Å². The number of nitrogens with two attached hydrogens (primary N) is 1. The van der Waals surface area contributed by atoms with Gasteiger partial charge in [-0.2, -0.15) is 0 Å². The van der Waals surface area contributed by atoms with Crippen LogP contribution in [0, 0.1) is 0 Å². The van der Waals surface area contributed by atoms with Crippen LogP contribution in [-0.4, -0.2) is 25.0 Å². The minimum Gasteiger partial charge on any atom is -0.243 e. The predicted molar refractivity (Wildman–Crippen MR) is 55.0 cm³/mol. The summed E-state index contributed by atoms with van der Waals surface area (Å²) in [6, 6.07) is 3.02. The molecule has 0 bridgehead atoms. The lowest BCUT2D eigenvalue weighted by atomic mass is 10.3. The van der Waals surface area contributed by atoms with E-state index in [4.69, 9.17) is 5.14 Å². The van der Waals surface area contributed by atoms with Gasteiger partial charge in [-0.15, -0.1) is 11.8 Å². The molecular formula is C7H7N3O3S2. The van der Waals surface area contributed by atoms with Gasteiger partial charge in [-0.05, 0) is 28.7 Å². The van der Waals surface area contributed by atoms with Crippen LogP contribution in [0.25, 0.3) is 11.0 Å². The molecule has 0 unspecified atom stereocenters. The molecule has 2 N–H and O–H groups in total. The molecule has 0 aliphatic carbocycles. The summed E-state index contributed by atoms with van der Waals surface area (Å²) in [5, 5.41) is 12.2. The van der Waals surface area contributed by atoms with Crippen LogP contribution < -0.4 is 5.14 Å². The van der Waals surface area contributed by atoms with Crippen molar-refractivity contribution in [1.29, 1.82) is 0 Å². The van der Waals surface area contributed by atoms with Gasteiger partial charge in [0.2, 0.25) is 10.0 Å². The van der Waals surface area contributed by atoms with Gasteiger partial charge in [0.25, 0.3) is 0 Å². The lowest BCUT2D eigenvalue weighted by Gasteiger charge is -2.00. The summed E-state index contributed by atoms with van der Waals surface area (Å²) in [6.07, 6.45) is 1.85. The van der Waals surface area contributed by atoms with Crippen molar-refractivity contribution < 1.29 is 13.0 Å². The van der Waals surface area contributed by atoms with E-state index < -0.39 is 10.0 Å². The number of primary sulfonamides is 1. The van der Waals surface area contributed by atoms with Gasteiger partial charge in [0, 0.05) is 4.90 Å². The van der Waals surface area contributed by atoms with E-state index in [1.54, 1.807) is 6.07 Å². The number of rotatable bonds is 2. The van der Waals surface area contributed by atoms with Crippen LogP contribution in [0.2, 0.25) is 0 Å². The fourth-order valence-electron chi connectivity index (χ4n) is 1.22. The van der Waals surface area contributed by atoms with E-state index in [1.165, 1.54) is 17.8 Å². The number of nitrogens with zero attached hydrogens (tertiary/aromatic N) is 2. The zero-order valence-corrected chi connectivity index (χ0v) is 9.30. The van der Waals surface area contributed by atoms with Crippen LogP contribution in [0.4, 0.5) is 0 Å². The van der Waals surface area contributed by atoms with Gasteiger partial charge in [0.05, 0.1) is 0 Å². The maximum absolute atomic E-state index is 11.2. The molecule has 6 nitrogen and oxygen atoms in total. The highest BCUT2D eigenvalue weighted by Gasteiger charge is 2.18. The Morgan fingerprint density at radius 3 is 2.60 bits per heavy atom. The summed E-state index contributed by atoms with van der Waals surface area (Å²) in [7, 11) is -3.80. The minimum atomic E-state index is -3.80. The van der Waals surface area contributed by atoms with Crippen LogP contribution in [0.3, 0.4) is 0 Å². The van der Waals surface area contributed by atoms with E-state index >= 15 is 0 Å². The first-order chi connectivity index (χ1) is 7.04. The van der Waals surface area contributed by atoms with Crippen LogP contribution in [0.15, 0.2) is 26.6 Å². The Hall–Kier alpha value is -1.12. The van der Waals surface area contributed by atoms with Crippen LogP contribution in [0.5, 0.6) is 0 Å². The summed E-state index contributed by atoms with van der Waals surface area (Å²) in [5.74, 6) is 0. The van der Waals surface area contributed by atoms with Crippen molar-refractivity contribution in [2.24, 2.45) is 5.14 Å². The average molecular weight is 245 g/mol. The molecule has 0 atom stereocenters. The van der Waals surface area contributed by atoms with Crippen LogP contribution in [0.1, 0.15) is 0 Å². The minimum absolute atomic E-state index is 0.0726. The third kappa shape index (κ3) is 1.71. The summed E-state index contributed by atoms with van der Waals surface area (Å²) in [4.78, 5) is 0.718. The molecule has 0 saturated carbocycles. The summed E-state index contributed by atoms with van der Waals surface area (Å²) >= 11 is 1.42. The lowest BCUT2D eigenvalue weighted by molar-refractivity contribution is 0.314. The number of hydrogen-bond donors (Lipinski definition) is 1. The number of thioether (sulfide) groups is 1. The van der Waals surface area contributed by atoms with E-state index in [9.17, 15) is 8.42 Å². The van der Waals surface area contributed by atoms with Crippen molar-refractivity contribution in [3.8, 4) is 0 Å². The maximum atomic E-state index is 11.2. The fraction of sp³-hybridized carbons (Fsp3) is 0.143. The quantitative estimate of drug-likeness (QED) is 0.777. The Morgan fingerprint density at radius 1 is 1.33 bits per heavy atom. The third-order valence-electron chi connectivity index (χ3n) is 1.87. The predicted octanol–water partition coefficient (Wildman–Crippen LogP) is 0.592. The van der Waals surface area contributed by atoms with Gasteiger partial charge in [0.15, 0.2) is 5.52 Å². The molecule has 0 saturated heterocycles. The van der Waals surface area contributed by atoms with E-state index in [-0.39, 0.29) is 10.4 Å². The molecule has 0 fully saturated rings. The molecule has 80 valence electrons. The van der Waals surface area contributed by atoms with E-state index in [2.05, 4.69) is 14.9 Å². The van der Waals surface area contributed by atoms with Crippen molar-refractivity contribution in [3.05, 3.63) is 12.1 Å². The highest BCUT2D eigenvalue weighted by atomic mass is 32.2. The number of hydrogen-bond acceptors (Lipinski definition) is 6. The first-order valence-electron chi connectivity index (χ1n) is 3.86. The highest BCUT2D eigenvalue weighted by molar-refractivity contribution is 7.98. The Labute approximate surface area is 89.8 Å². The topological polar surface area (TPSA) is 99.1 Å². The average Bonchev–Trinajstić information content (AvgIpc) is 2.62. The molecule has 0 aliphatic heterocycles. The van der Waals surface area contributed by atoms with Crippen molar-refractivity contribution in [2.45, 2.75) is 9.79 Å². The maximum Gasteiger partial charge on any atom is 0.240 e. The first kappa shape index (κ1) is 10.4. The molecule has 1 aromatic carbocycles. The van der Waals surface area contributed by atoms with Gasteiger partial charge < -0.3 is 0 Å². The van der Waals surface area contributed by atoms with Crippen molar-refractivity contribution in [2.75, 3.05) is 6.26 Å². The van der Waals surface area contributed by atoms with Gasteiger partial charge in [-0.3, -0.25) is 0 Å². The Balaban J connectivity index is 2.86. The van der Waals surface area contributed by atoms with Gasteiger partial charge in [-0.1, -0.05) is 0 Å². The summed E-state index contributed by atoms with van der Waals surface area (Å²) in [5.41, 5.74) is 0.582. The van der Waals surface area contributed by atoms with E-state index in [0.717, 1.165) is 4.90 Å². The Morgan fingerprint density at radius 2 is 2.00 bits per heavy atom. The normalized spacial score (nSPS) is 12.1. The standard InChI is InChI=1S/C7H7N3O3S2/c1-14-4-2-3-5(15(8,11)12)7-6(4)9-13-10-7/h2-3H,1H3,(H2,8,11,12). The molecule has 2 aromatic rings. The van der Waals surface area contributed by atoms with Gasteiger partial charge in [0.1, 0.15) is 10.4 Å². The molecule has 1 heterocycles. The number of sulfonamides is 1.